The third-order valence-electron chi connectivity index (χ3n) is 9.60. The van der Waals surface area contributed by atoms with Crippen molar-refractivity contribution in [3.05, 3.63) is 35.5 Å². The Bertz CT molecular complexity index is 791. The van der Waals surface area contributed by atoms with Crippen molar-refractivity contribution in [1.82, 2.24) is 0 Å². The fraction of sp³-hybridized carbons (Fsp3) is 0.812. The van der Waals surface area contributed by atoms with Crippen LogP contribution in [0.25, 0.3) is 0 Å². The molecule has 3 aliphatic carbocycles. The molecule has 4 nitrogen and oxygen atoms in total. The van der Waals surface area contributed by atoms with E-state index in [0.717, 1.165) is 56.1 Å². The Morgan fingerprint density at radius 2 is 1.61 bits per heavy atom. The molecule has 0 aromatic carbocycles. The second-order valence-corrected chi connectivity index (χ2v) is 13.8. The predicted molar refractivity (Wildman–Crippen MR) is 149 cm³/mol. The van der Waals surface area contributed by atoms with E-state index in [2.05, 4.69) is 25.7 Å². The number of aliphatic hydroxyl groups excluding tert-OH is 2. The average Bonchev–Trinajstić information content (AvgIpc) is 3.10. The van der Waals surface area contributed by atoms with Crippen LogP contribution in [-0.4, -0.2) is 43.8 Å². The molecular formula is C32H54O4. The molecule has 0 spiro atoms. The van der Waals surface area contributed by atoms with Crippen molar-refractivity contribution < 1.29 is 20.4 Å². The topological polar surface area (TPSA) is 80.9 Å². The van der Waals surface area contributed by atoms with Gasteiger partial charge in [-0.2, -0.15) is 0 Å². The molecule has 4 heteroatoms. The minimum absolute atomic E-state index is 0.291. The largest absolute Gasteiger partial charge is 0.393 e. The van der Waals surface area contributed by atoms with Crippen molar-refractivity contribution in [2.75, 3.05) is 0 Å². The van der Waals surface area contributed by atoms with E-state index in [1.807, 2.05) is 27.7 Å². The highest BCUT2D eigenvalue weighted by molar-refractivity contribution is 5.38. The van der Waals surface area contributed by atoms with Gasteiger partial charge in [-0.1, -0.05) is 56.9 Å². The highest BCUT2D eigenvalue weighted by Gasteiger charge is 2.51. The molecule has 0 heterocycles. The Kier molecular flexibility index (Phi) is 9.74. The molecule has 0 aliphatic heterocycles. The monoisotopic (exact) mass is 502 g/mol. The van der Waals surface area contributed by atoms with Crippen LogP contribution in [0, 0.1) is 23.2 Å². The van der Waals surface area contributed by atoms with Crippen molar-refractivity contribution in [2.24, 2.45) is 23.2 Å². The summed E-state index contributed by atoms with van der Waals surface area (Å²) in [7, 11) is 0. The van der Waals surface area contributed by atoms with Gasteiger partial charge in [0.1, 0.15) is 0 Å². The zero-order valence-electron chi connectivity index (χ0n) is 23.7. The molecule has 3 fully saturated rings. The van der Waals surface area contributed by atoms with Crippen LogP contribution in [0.5, 0.6) is 0 Å². The van der Waals surface area contributed by atoms with Crippen molar-refractivity contribution >= 4 is 0 Å². The zero-order chi connectivity index (χ0) is 26.7. The zero-order valence-corrected chi connectivity index (χ0v) is 23.7. The summed E-state index contributed by atoms with van der Waals surface area (Å²) in [5.41, 5.74) is 2.36. The van der Waals surface area contributed by atoms with E-state index >= 15 is 0 Å². The van der Waals surface area contributed by atoms with Crippen molar-refractivity contribution in [1.29, 1.82) is 0 Å². The lowest BCUT2D eigenvalue weighted by Crippen LogP contribution is -2.37. The van der Waals surface area contributed by atoms with Gasteiger partial charge in [-0.25, -0.2) is 0 Å². The number of fused-ring (bicyclic) bond motifs is 1. The summed E-state index contributed by atoms with van der Waals surface area (Å²) in [6.45, 7) is 14.3. The van der Waals surface area contributed by atoms with Gasteiger partial charge in [-0.05, 0) is 113 Å². The van der Waals surface area contributed by atoms with Gasteiger partial charge >= 0.3 is 0 Å². The van der Waals surface area contributed by atoms with Gasteiger partial charge < -0.3 is 20.4 Å². The van der Waals surface area contributed by atoms with Crippen LogP contribution in [0.15, 0.2) is 35.5 Å². The summed E-state index contributed by atoms with van der Waals surface area (Å²) in [5, 5.41) is 40.9. The second kappa shape index (κ2) is 11.8. The Hall–Kier alpha value is -0.940. The number of rotatable bonds is 10. The summed E-state index contributed by atoms with van der Waals surface area (Å²) in [5.74, 6) is 1.90. The van der Waals surface area contributed by atoms with Crippen molar-refractivity contribution in [2.45, 2.75) is 141 Å². The smallest absolute Gasteiger partial charge is 0.0811 e. The minimum Gasteiger partial charge on any atom is -0.393 e. The summed E-state index contributed by atoms with van der Waals surface area (Å²) in [6, 6.07) is 0. The predicted octanol–water partition coefficient (Wildman–Crippen LogP) is 6.63. The lowest BCUT2D eigenvalue weighted by Gasteiger charge is -2.45. The standard InChI is InChI=1S/C32H54O4/c1-22-25(20-26(33)21-29(22)34)14-13-24-12-9-19-32(6)27(15-16-28(24)32)23(10-7-17-30(2,3)35)11-8-18-31(4,5)36/h13-14,23,26-29,33-36H,1,7-12,15-21H2,2-6H3/b24-13+,25-14-/t26?,27?,28?,29-,32+/m0/s1. The van der Waals surface area contributed by atoms with Crippen LogP contribution in [0.3, 0.4) is 0 Å². The normalized spacial score (nSPS) is 34.1. The molecule has 0 saturated heterocycles. The maximum absolute atomic E-state index is 10.3. The Morgan fingerprint density at radius 1 is 1.00 bits per heavy atom. The molecule has 0 radical (unpaired) electrons. The van der Waals surface area contributed by atoms with Gasteiger partial charge in [-0.3, -0.25) is 0 Å². The van der Waals surface area contributed by atoms with E-state index in [1.54, 1.807) is 0 Å². The average molecular weight is 503 g/mol. The van der Waals surface area contributed by atoms with Crippen LogP contribution >= 0.6 is 0 Å². The first kappa shape index (κ1) is 29.6. The van der Waals surface area contributed by atoms with E-state index in [9.17, 15) is 20.4 Å². The highest BCUT2D eigenvalue weighted by Crippen LogP contribution is 2.60. The fourth-order valence-electron chi connectivity index (χ4n) is 7.66. The van der Waals surface area contributed by atoms with E-state index < -0.39 is 23.4 Å². The molecular weight excluding hydrogens is 448 g/mol. The molecule has 5 atom stereocenters. The Morgan fingerprint density at radius 3 is 2.19 bits per heavy atom. The SMILES string of the molecule is C=C1/C(=C\C=C2/CCC[C@@]3(C)C2CCC3C(CCCC(C)(C)O)CCCC(C)(C)O)CC(O)C[C@@H]1O. The summed E-state index contributed by atoms with van der Waals surface area (Å²) >= 11 is 0. The molecule has 4 N–H and O–H groups in total. The molecule has 3 aliphatic rings. The molecule has 0 amide bonds. The summed E-state index contributed by atoms with van der Waals surface area (Å²) in [4.78, 5) is 0. The molecule has 3 rings (SSSR count). The van der Waals surface area contributed by atoms with Gasteiger partial charge in [0.05, 0.1) is 23.4 Å². The Balaban J connectivity index is 1.77. The molecule has 36 heavy (non-hydrogen) atoms. The van der Waals surface area contributed by atoms with Gasteiger partial charge in [-0.15, -0.1) is 0 Å². The lowest BCUT2D eigenvalue weighted by molar-refractivity contribution is 0.0480. The molecule has 0 aromatic rings. The Labute approximate surface area is 220 Å². The van der Waals surface area contributed by atoms with Crippen LogP contribution in [-0.2, 0) is 0 Å². The molecule has 0 aromatic heterocycles. The van der Waals surface area contributed by atoms with E-state index in [1.165, 1.54) is 31.3 Å². The van der Waals surface area contributed by atoms with Gasteiger partial charge in [0.25, 0.3) is 0 Å². The van der Waals surface area contributed by atoms with Gasteiger partial charge in [0.2, 0.25) is 0 Å². The first-order chi connectivity index (χ1) is 16.7. The van der Waals surface area contributed by atoms with Crippen molar-refractivity contribution in [3.8, 4) is 0 Å². The highest BCUT2D eigenvalue weighted by atomic mass is 16.3. The van der Waals surface area contributed by atoms with Crippen LogP contribution < -0.4 is 0 Å². The van der Waals surface area contributed by atoms with Crippen LogP contribution in [0.2, 0.25) is 0 Å². The second-order valence-electron chi connectivity index (χ2n) is 13.8. The van der Waals surface area contributed by atoms with Crippen LogP contribution in [0.1, 0.15) is 118 Å². The van der Waals surface area contributed by atoms with Crippen molar-refractivity contribution in [3.63, 3.8) is 0 Å². The molecule has 206 valence electrons. The third-order valence-corrected chi connectivity index (χ3v) is 9.60. The number of hydrogen-bond acceptors (Lipinski definition) is 4. The first-order valence-electron chi connectivity index (χ1n) is 14.6. The fourth-order valence-corrected chi connectivity index (χ4v) is 7.66. The molecule has 3 saturated carbocycles. The number of hydrogen-bond donors (Lipinski definition) is 4. The summed E-state index contributed by atoms with van der Waals surface area (Å²) in [6.07, 6.45) is 16.5. The maximum atomic E-state index is 10.3. The maximum Gasteiger partial charge on any atom is 0.0811 e. The quantitative estimate of drug-likeness (QED) is 0.270. The first-order valence-corrected chi connectivity index (χ1v) is 14.6. The molecule has 3 unspecified atom stereocenters. The van der Waals surface area contributed by atoms with E-state index in [-0.39, 0.29) is 0 Å². The van der Waals surface area contributed by atoms with E-state index in [4.69, 9.17) is 0 Å². The van der Waals surface area contributed by atoms with Gasteiger partial charge in [0.15, 0.2) is 0 Å². The summed E-state index contributed by atoms with van der Waals surface area (Å²) < 4.78 is 0. The number of aliphatic hydroxyl groups is 4. The van der Waals surface area contributed by atoms with Crippen LogP contribution in [0.4, 0.5) is 0 Å². The number of allylic oxidation sites excluding steroid dienone is 3. The minimum atomic E-state index is -0.639. The molecule has 0 bridgehead atoms. The third kappa shape index (κ3) is 7.79. The van der Waals surface area contributed by atoms with Gasteiger partial charge in [0, 0.05) is 6.42 Å². The van der Waals surface area contributed by atoms with E-state index in [0.29, 0.717) is 36.0 Å². The lowest BCUT2D eigenvalue weighted by atomic mass is 9.60.